The number of hydrogen-bond donors (Lipinski definition) is 1. The molecule has 1 amide bonds. The third kappa shape index (κ3) is 6.27. The van der Waals surface area contributed by atoms with Crippen LogP contribution in [-0.2, 0) is 27.4 Å². The summed E-state index contributed by atoms with van der Waals surface area (Å²) in [5.41, 5.74) is 7.69. The van der Waals surface area contributed by atoms with Crippen molar-refractivity contribution in [1.29, 1.82) is 0 Å². The molecule has 2 N–H and O–H groups in total. The first-order chi connectivity index (χ1) is 11.1. The van der Waals surface area contributed by atoms with Gasteiger partial charge in [0, 0.05) is 33.3 Å². The Morgan fingerprint density at radius 1 is 1.39 bits per heavy atom. The van der Waals surface area contributed by atoms with Crippen molar-refractivity contribution in [3.63, 3.8) is 0 Å². The number of primary amides is 1. The van der Waals surface area contributed by atoms with Crippen LogP contribution in [0.2, 0.25) is 0 Å². The maximum absolute atomic E-state index is 11.0. The molecule has 1 atom stereocenters. The van der Waals surface area contributed by atoms with Gasteiger partial charge in [0.25, 0.3) is 0 Å². The smallest absolute Gasteiger partial charge is 0.231 e. The first kappa shape index (κ1) is 17.9. The molecule has 23 heavy (non-hydrogen) atoms. The number of likely N-dealkylation sites (N-methyl/N-ethyl adjacent to an activating group) is 1. The molecule has 0 aromatic heterocycles. The number of amides is 1. The summed E-state index contributed by atoms with van der Waals surface area (Å²) in [4.78, 5) is 15.3. The van der Waals surface area contributed by atoms with Gasteiger partial charge in [-0.05, 0) is 18.2 Å². The highest BCUT2D eigenvalue weighted by molar-refractivity contribution is 5.75. The van der Waals surface area contributed by atoms with Gasteiger partial charge in [-0.25, -0.2) is 0 Å². The van der Waals surface area contributed by atoms with Gasteiger partial charge in [-0.3, -0.25) is 14.6 Å². The van der Waals surface area contributed by atoms with Crippen LogP contribution in [0.4, 0.5) is 0 Å². The number of nitrogens with zero attached hydrogens (tertiary/aromatic N) is 2. The van der Waals surface area contributed by atoms with Crippen molar-refractivity contribution in [2.75, 3.05) is 46.9 Å². The van der Waals surface area contributed by atoms with Crippen LogP contribution in [0.15, 0.2) is 24.3 Å². The molecule has 2 rings (SSSR count). The van der Waals surface area contributed by atoms with Gasteiger partial charge in [-0.15, -0.1) is 0 Å². The normalized spacial score (nSPS) is 19.2. The van der Waals surface area contributed by atoms with Crippen molar-refractivity contribution in [1.82, 2.24) is 9.80 Å². The Morgan fingerprint density at radius 3 is 2.74 bits per heavy atom. The number of benzene rings is 1. The minimum atomic E-state index is -0.309. The molecule has 1 aliphatic heterocycles. The van der Waals surface area contributed by atoms with Crippen molar-refractivity contribution >= 4 is 5.91 Å². The molecule has 6 heteroatoms. The van der Waals surface area contributed by atoms with E-state index in [0.717, 1.165) is 26.2 Å². The highest BCUT2D eigenvalue weighted by atomic mass is 16.5. The molecule has 0 spiro atoms. The Morgan fingerprint density at radius 2 is 2.09 bits per heavy atom. The minimum Gasteiger partial charge on any atom is -0.380 e. The molecule has 1 aliphatic rings. The number of carbonyl (C=O) groups excluding carboxylic acids is 1. The van der Waals surface area contributed by atoms with Crippen LogP contribution >= 0.6 is 0 Å². The standard InChI is InChI=1S/C17H27N3O3/c1-19(12-17(18)21)10-16-11-20(7-8-23-16)9-14-3-5-15(6-4-14)13-22-2/h3-6,16H,7-13H2,1-2H3,(H2,18,21)/t16-/m1/s1. The number of rotatable bonds is 8. The number of carbonyl (C=O) groups is 1. The molecular weight excluding hydrogens is 294 g/mol. The second-order valence-electron chi connectivity index (χ2n) is 6.14. The van der Waals surface area contributed by atoms with Gasteiger partial charge in [-0.1, -0.05) is 24.3 Å². The first-order valence-corrected chi connectivity index (χ1v) is 7.94. The van der Waals surface area contributed by atoms with E-state index in [2.05, 4.69) is 29.2 Å². The van der Waals surface area contributed by atoms with Crippen LogP contribution in [0, 0.1) is 0 Å². The molecular formula is C17H27N3O3. The highest BCUT2D eigenvalue weighted by Gasteiger charge is 2.22. The molecule has 128 valence electrons. The summed E-state index contributed by atoms with van der Waals surface area (Å²) in [5.74, 6) is -0.309. The van der Waals surface area contributed by atoms with E-state index in [0.29, 0.717) is 13.2 Å². The lowest BCUT2D eigenvalue weighted by Crippen LogP contribution is -2.47. The number of ether oxygens (including phenoxy) is 2. The topological polar surface area (TPSA) is 68.0 Å². The summed E-state index contributed by atoms with van der Waals surface area (Å²) in [6.45, 7) is 5.04. The maximum atomic E-state index is 11.0. The van der Waals surface area contributed by atoms with Crippen LogP contribution in [0.3, 0.4) is 0 Å². The van der Waals surface area contributed by atoms with Crippen LogP contribution in [0.1, 0.15) is 11.1 Å². The fraction of sp³-hybridized carbons (Fsp3) is 0.588. The molecule has 1 saturated heterocycles. The van der Waals surface area contributed by atoms with Gasteiger partial charge in [0.15, 0.2) is 0 Å². The monoisotopic (exact) mass is 321 g/mol. The van der Waals surface area contributed by atoms with Crippen molar-refractivity contribution in [2.24, 2.45) is 5.73 Å². The Bertz CT molecular complexity index is 492. The second-order valence-corrected chi connectivity index (χ2v) is 6.14. The predicted octanol–water partition coefficient (Wildman–Crippen LogP) is 0.451. The molecule has 0 saturated carbocycles. The van der Waals surface area contributed by atoms with Gasteiger partial charge in [0.2, 0.25) is 5.91 Å². The van der Waals surface area contributed by atoms with E-state index in [1.54, 1.807) is 7.11 Å². The SMILES string of the molecule is COCc1ccc(CN2CCO[C@H](CN(C)CC(N)=O)C2)cc1. The lowest BCUT2D eigenvalue weighted by molar-refractivity contribution is -0.119. The molecule has 6 nitrogen and oxygen atoms in total. The molecule has 0 radical (unpaired) electrons. The fourth-order valence-corrected chi connectivity index (χ4v) is 2.88. The van der Waals surface area contributed by atoms with Crippen LogP contribution in [0.25, 0.3) is 0 Å². The minimum absolute atomic E-state index is 0.112. The van der Waals surface area contributed by atoms with E-state index < -0.39 is 0 Å². The van der Waals surface area contributed by atoms with Gasteiger partial charge >= 0.3 is 0 Å². The Balaban J connectivity index is 1.82. The lowest BCUT2D eigenvalue weighted by atomic mass is 10.1. The number of hydrogen-bond acceptors (Lipinski definition) is 5. The third-order valence-electron chi connectivity index (χ3n) is 3.90. The Hall–Kier alpha value is -1.47. The summed E-state index contributed by atoms with van der Waals surface area (Å²) < 4.78 is 10.9. The van der Waals surface area contributed by atoms with Crippen molar-refractivity contribution < 1.29 is 14.3 Å². The van der Waals surface area contributed by atoms with Crippen LogP contribution in [0.5, 0.6) is 0 Å². The molecule has 1 aromatic carbocycles. The highest BCUT2D eigenvalue weighted by Crippen LogP contribution is 2.12. The fourth-order valence-electron chi connectivity index (χ4n) is 2.88. The van der Waals surface area contributed by atoms with E-state index in [4.69, 9.17) is 15.2 Å². The molecule has 1 heterocycles. The summed E-state index contributed by atoms with van der Waals surface area (Å²) in [6.07, 6.45) is 0.112. The van der Waals surface area contributed by atoms with E-state index in [1.165, 1.54) is 11.1 Å². The van der Waals surface area contributed by atoms with Crippen molar-refractivity contribution in [3.05, 3.63) is 35.4 Å². The number of morpholine rings is 1. The third-order valence-corrected chi connectivity index (χ3v) is 3.90. The van der Waals surface area contributed by atoms with Gasteiger partial charge in [0.05, 0.1) is 25.9 Å². The zero-order chi connectivity index (χ0) is 16.7. The van der Waals surface area contributed by atoms with E-state index in [-0.39, 0.29) is 18.6 Å². The maximum Gasteiger partial charge on any atom is 0.231 e. The Labute approximate surface area is 138 Å². The summed E-state index contributed by atoms with van der Waals surface area (Å²) in [6, 6.07) is 8.52. The lowest BCUT2D eigenvalue weighted by Gasteiger charge is -2.34. The van der Waals surface area contributed by atoms with Gasteiger partial charge in [0.1, 0.15) is 0 Å². The van der Waals surface area contributed by atoms with E-state index in [9.17, 15) is 4.79 Å². The average Bonchev–Trinajstić information content (AvgIpc) is 2.49. The zero-order valence-corrected chi connectivity index (χ0v) is 14.0. The van der Waals surface area contributed by atoms with Crippen LogP contribution < -0.4 is 5.73 Å². The van der Waals surface area contributed by atoms with E-state index in [1.807, 2.05) is 11.9 Å². The molecule has 0 unspecified atom stereocenters. The molecule has 1 aromatic rings. The average molecular weight is 321 g/mol. The van der Waals surface area contributed by atoms with Gasteiger partial charge < -0.3 is 15.2 Å². The summed E-state index contributed by atoms with van der Waals surface area (Å²) in [5, 5.41) is 0. The molecule has 0 bridgehead atoms. The predicted molar refractivity (Wildman–Crippen MR) is 88.9 cm³/mol. The van der Waals surface area contributed by atoms with Gasteiger partial charge in [-0.2, -0.15) is 0 Å². The number of nitrogens with two attached hydrogens (primary N) is 1. The molecule has 0 aliphatic carbocycles. The summed E-state index contributed by atoms with van der Waals surface area (Å²) in [7, 11) is 3.60. The Kier molecular flexibility index (Phi) is 6.98. The first-order valence-electron chi connectivity index (χ1n) is 7.94. The second kappa shape index (κ2) is 8.98. The largest absolute Gasteiger partial charge is 0.380 e. The number of methoxy groups -OCH3 is 1. The zero-order valence-electron chi connectivity index (χ0n) is 14.0. The molecule has 1 fully saturated rings. The summed E-state index contributed by atoms with van der Waals surface area (Å²) >= 11 is 0. The van der Waals surface area contributed by atoms with E-state index >= 15 is 0 Å². The quantitative estimate of drug-likeness (QED) is 0.753. The van der Waals surface area contributed by atoms with Crippen LogP contribution in [-0.4, -0.2) is 68.8 Å². The van der Waals surface area contributed by atoms with Crippen molar-refractivity contribution in [2.45, 2.75) is 19.3 Å². The van der Waals surface area contributed by atoms with Crippen molar-refractivity contribution in [3.8, 4) is 0 Å².